The lowest BCUT2D eigenvalue weighted by atomic mass is 9.73. The molecule has 1 heterocycles. The maximum atomic E-state index is 12.6. The van der Waals surface area contributed by atoms with Crippen molar-refractivity contribution >= 4 is 5.97 Å². The standard InChI is InChI=1S/C18H24O3/c1-12(2)18(10-9-17(4)15(11-18)20-17)21-16(19)14-8-6-5-7-13(14)3/h5-8,12,15H,9-11H2,1-4H3/t15-,17+,18+/m0/s1. The van der Waals surface area contributed by atoms with Gasteiger partial charge in [-0.2, -0.15) is 0 Å². The lowest BCUT2D eigenvalue weighted by Gasteiger charge is -2.40. The Kier molecular flexibility index (Phi) is 3.36. The van der Waals surface area contributed by atoms with Gasteiger partial charge in [-0.05, 0) is 44.2 Å². The maximum absolute atomic E-state index is 12.6. The van der Waals surface area contributed by atoms with Gasteiger partial charge in [0.2, 0.25) is 0 Å². The van der Waals surface area contributed by atoms with E-state index < -0.39 is 0 Å². The molecule has 0 bridgehead atoms. The Morgan fingerprint density at radius 3 is 2.67 bits per heavy atom. The van der Waals surface area contributed by atoms with Crippen LogP contribution in [0.25, 0.3) is 0 Å². The van der Waals surface area contributed by atoms with Crippen LogP contribution in [-0.4, -0.2) is 23.3 Å². The molecule has 3 atom stereocenters. The number of carbonyl (C=O) groups excluding carboxylic acids is 1. The molecule has 0 spiro atoms. The molecule has 3 rings (SSSR count). The number of epoxide rings is 1. The van der Waals surface area contributed by atoms with Crippen molar-refractivity contribution in [1.29, 1.82) is 0 Å². The van der Waals surface area contributed by atoms with Gasteiger partial charge in [0, 0.05) is 6.42 Å². The molecule has 21 heavy (non-hydrogen) atoms. The van der Waals surface area contributed by atoms with E-state index in [9.17, 15) is 4.79 Å². The van der Waals surface area contributed by atoms with Crippen LogP contribution in [0.1, 0.15) is 56.0 Å². The zero-order valence-electron chi connectivity index (χ0n) is 13.3. The first-order chi connectivity index (χ1) is 9.86. The van der Waals surface area contributed by atoms with E-state index in [1.54, 1.807) is 0 Å². The fourth-order valence-corrected chi connectivity index (χ4v) is 3.42. The number of rotatable bonds is 3. The molecule has 3 heteroatoms. The van der Waals surface area contributed by atoms with E-state index in [2.05, 4.69) is 20.8 Å². The monoisotopic (exact) mass is 288 g/mol. The van der Waals surface area contributed by atoms with Crippen LogP contribution in [0.4, 0.5) is 0 Å². The zero-order valence-corrected chi connectivity index (χ0v) is 13.3. The Hall–Kier alpha value is -1.35. The van der Waals surface area contributed by atoms with E-state index in [1.807, 2.05) is 31.2 Å². The summed E-state index contributed by atoms with van der Waals surface area (Å²) in [7, 11) is 0. The highest BCUT2D eigenvalue weighted by Crippen LogP contribution is 2.53. The second-order valence-corrected chi connectivity index (χ2v) is 7.05. The van der Waals surface area contributed by atoms with Gasteiger partial charge in [0.25, 0.3) is 0 Å². The lowest BCUT2D eigenvalue weighted by molar-refractivity contribution is -0.0632. The number of aryl methyl sites for hydroxylation is 1. The summed E-state index contributed by atoms with van der Waals surface area (Å²) in [6, 6.07) is 7.61. The van der Waals surface area contributed by atoms with Crippen molar-refractivity contribution in [2.45, 2.75) is 64.3 Å². The third-order valence-corrected chi connectivity index (χ3v) is 5.32. The zero-order chi connectivity index (χ0) is 15.3. The summed E-state index contributed by atoms with van der Waals surface area (Å²) in [4.78, 5) is 12.6. The van der Waals surface area contributed by atoms with Crippen LogP contribution in [0.5, 0.6) is 0 Å². The third kappa shape index (κ3) is 2.48. The van der Waals surface area contributed by atoms with E-state index in [0.29, 0.717) is 11.5 Å². The smallest absolute Gasteiger partial charge is 0.338 e. The van der Waals surface area contributed by atoms with Crippen molar-refractivity contribution in [3.05, 3.63) is 35.4 Å². The molecule has 0 unspecified atom stereocenters. The molecule has 2 aliphatic rings. The summed E-state index contributed by atoms with van der Waals surface area (Å²) in [5.74, 6) is 0.0882. The fraction of sp³-hybridized carbons (Fsp3) is 0.611. The second-order valence-electron chi connectivity index (χ2n) is 7.05. The Morgan fingerprint density at radius 1 is 1.33 bits per heavy atom. The molecule has 1 aliphatic heterocycles. The highest BCUT2D eigenvalue weighted by atomic mass is 16.6. The molecule has 114 valence electrons. The molecule has 1 saturated heterocycles. The van der Waals surface area contributed by atoms with Crippen LogP contribution in [0.2, 0.25) is 0 Å². The normalized spacial score (nSPS) is 34.4. The Labute approximate surface area is 126 Å². The summed E-state index contributed by atoms with van der Waals surface area (Å²) in [6.07, 6.45) is 2.92. The number of fused-ring (bicyclic) bond motifs is 1. The van der Waals surface area contributed by atoms with E-state index in [0.717, 1.165) is 24.8 Å². The lowest BCUT2D eigenvalue weighted by Crippen LogP contribution is -2.46. The molecule has 0 amide bonds. The molecule has 0 radical (unpaired) electrons. The molecular formula is C18H24O3. The molecule has 1 aromatic carbocycles. The number of benzene rings is 1. The predicted molar refractivity (Wildman–Crippen MR) is 81.3 cm³/mol. The summed E-state index contributed by atoms with van der Waals surface area (Å²) in [6.45, 7) is 8.37. The molecule has 1 aliphatic carbocycles. The molecule has 3 nitrogen and oxygen atoms in total. The molecule has 0 aromatic heterocycles. The van der Waals surface area contributed by atoms with Gasteiger partial charge in [-0.1, -0.05) is 32.0 Å². The van der Waals surface area contributed by atoms with Crippen LogP contribution >= 0.6 is 0 Å². The Bertz CT molecular complexity index is 565. The topological polar surface area (TPSA) is 38.8 Å². The van der Waals surface area contributed by atoms with Crippen LogP contribution in [0.15, 0.2) is 24.3 Å². The minimum Gasteiger partial charge on any atom is -0.455 e. The van der Waals surface area contributed by atoms with Gasteiger partial charge in [-0.15, -0.1) is 0 Å². The van der Waals surface area contributed by atoms with E-state index in [-0.39, 0.29) is 23.3 Å². The van der Waals surface area contributed by atoms with Crippen molar-refractivity contribution in [1.82, 2.24) is 0 Å². The second kappa shape index (κ2) is 4.84. The minimum absolute atomic E-state index is 0.0352. The average molecular weight is 288 g/mol. The van der Waals surface area contributed by atoms with Crippen LogP contribution < -0.4 is 0 Å². The number of hydrogen-bond donors (Lipinski definition) is 0. The van der Waals surface area contributed by atoms with Gasteiger partial charge in [0.05, 0.1) is 17.3 Å². The summed E-state index contributed by atoms with van der Waals surface area (Å²) >= 11 is 0. The number of hydrogen-bond acceptors (Lipinski definition) is 3. The number of esters is 1. The van der Waals surface area contributed by atoms with Crippen molar-refractivity contribution in [3.8, 4) is 0 Å². The van der Waals surface area contributed by atoms with E-state index in [4.69, 9.17) is 9.47 Å². The van der Waals surface area contributed by atoms with Crippen molar-refractivity contribution in [2.75, 3.05) is 0 Å². The van der Waals surface area contributed by atoms with Crippen molar-refractivity contribution in [2.24, 2.45) is 5.92 Å². The van der Waals surface area contributed by atoms with E-state index >= 15 is 0 Å². The summed E-state index contributed by atoms with van der Waals surface area (Å²) in [5, 5.41) is 0. The average Bonchev–Trinajstić information content (AvgIpc) is 3.09. The van der Waals surface area contributed by atoms with Crippen LogP contribution in [0, 0.1) is 12.8 Å². The first kappa shape index (κ1) is 14.6. The van der Waals surface area contributed by atoms with E-state index in [1.165, 1.54) is 0 Å². The molecular weight excluding hydrogens is 264 g/mol. The molecule has 2 fully saturated rings. The quantitative estimate of drug-likeness (QED) is 0.625. The van der Waals surface area contributed by atoms with Gasteiger partial charge in [-0.3, -0.25) is 0 Å². The minimum atomic E-state index is -0.389. The van der Waals surface area contributed by atoms with Gasteiger partial charge in [0.15, 0.2) is 0 Å². The molecule has 1 aromatic rings. The van der Waals surface area contributed by atoms with Crippen LogP contribution in [0.3, 0.4) is 0 Å². The molecule has 0 N–H and O–H groups in total. The number of ether oxygens (including phenoxy) is 2. The Balaban J connectivity index is 1.80. The van der Waals surface area contributed by atoms with Crippen molar-refractivity contribution < 1.29 is 14.3 Å². The third-order valence-electron chi connectivity index (χ3n) is 5.32. The van der Waals surface area contributed by atoms with Gasteiger partial charge in [-0.25, -0.2) is 4.79 Å². The molecule has 1 saturated carbocycles. The Morgan fingerprint density at radius 2 is 2.05 bits per heavy atom. The van der Waals surface area contributed by atoms with Gasteiger partial charge < -0.3 is 9.47 Å². The summed E-state index contributed by atoms with van der Waals surface area (Å²) in [5.41, 5.74) is 1.28. The summed E-state index contributed by atoms with van der Waals surface area (Å²) < 4.78 is 11.8. The van der Waals surface area contributed by atoms with Crippen LogP contribution in [-0.2, 0) is 9.47 Å². The fourth-order valence-electron chi connectivity index (χ4n) is 3.42. The predicted octanol–water partition coefficient (Wildman–Crippen LogP) is 3.89. The number of carbonyl (C=O) groups is 1. The highest BCUT2D eigenvalue weighted by molar-refractivity contribution is 5.91. The van der Waals surface area contributed by atoms with Gasteiger partial charge in [0.1, 0.15) is 5.60 Å². The SMILES string of the molecule is Cc1ccccc1C(=O)O[C@]1(C(C)C)CC[C@@]2(C)O[C@H]2C1. The van der Waals surface area contributed by atoms with Crippen molar-refractivity contribution in [3.63, 3.8) is 0 Å². The van der Waals surface area contributed by atoms with Gasteiger partial charge >= 0.3 is 5.97 Å². The first-order valence-corrected chi connectivity index (χ1v) is 7.83. The largest absolute Gasteiger partial charge is 0.455 e. The first-order valence-electron chi connectivity index (χ1n) is 7.83. The maximum Gasteiger partial charge on any atom is 0.338 e. The highest BCUT2D eigenvalue weighted by Gasteiger charge is 2.61.